The molecule has 0 unspecified atom stereocenters. The third-order valence-corrected chi connectivity index (χ3v) is 1.96. The number of nitrogens with zero attached hydrogens (tertiary/aromatic N) is 2. The van der Waals surface area contributed by atoms with Crippen molar-refractivity contribution in [1.82, 2.24) is 14.9 Å². The van der Waals surface area contributed by atoms with Gasteiger partial charge in [-0.2, -0.15) is 0 Å². The monoisotopic (exact) mass is 227 g/mol. The summed E-state index contributed by atoms with van der Waals surface area (Å²) in [4.78, 5) is 15.2. The first-order valence-electron chi connectivity index (χ1n) is 5.24. The summed E-state index contributed by atoms with van der Waals surface area (Å²) in [6.45, 7) is 1.85. The summed E-state index contributed by atoms with van der Waals surface area (Å²) in [6.07, 6.45) is 5.60. The lowest BCUT2D eigenvalue weighted by molar-refractivity contribution is -0.121. The molecular weight excluding hydrogens is 210 g/mol. The van der Waals surface area contributed by atoms with Gasteiger partial charge in [0.25, 0.3) is 0 Å². The minimum absolute atomic E-state index is 0.00851. The van der Waals surface area contributed by atoms with Crippen LogP contribution in [-0.2, 0) is 16.1 Å². The van der Waals surface area contributed by atoms with E-state index in [-0.39, 0.29) is 12.5 Å². The highest BCUT2D eigenvalue weighted by Gasteiger charge is 2.00. The third kappa shape index (κ3) is 5.47. The summed E-state index contributed by atoms with van der Waals surface area (Å²) in [5, 5.41) is 11.2. The van der Waals surface area contributed by atoms with Crippen LogP contribution in [0.25, 0.3) is 0 Å². The number of aliphatic hydroxyl groups is 1. The molecule has 0 fully saturated rings. The molecular formula is C10H17N3O3. The SMILES string of the molecule is O=C(CCn1ccnc1)NCCOCCO. The van der Waals surface area contributed by atoms with Crippen LogP contribution in [0.15, 0.2) is 18.7 Å². The van der Waals surface area contributed by atoms with Crippen molar-refractivity contribution in [1.29, 1.82) is 0 Å². The Labute approximate surface area is 94.2 Å². The molecule has 0 radical (unpaired) electrons. The first kappa shape index (κ1) is 12.7. The lowest BCUT2D eigenvalue weighted by Crippen LogP contribution is -2.28. The zero-order valence-electron chi connectivity index (χ0n) is 9.13. The van der Waals surface area contributed by atoms with Crippen LogP contribution in [0.2, 0.25) is 0 Å². The average molecular weight is 227 g/mol. The molecule has 0 aliphatic rings. The Morgan fingerprint density at radius 2 is 2.38 bits per heavy atom. The smallest absolute Gasteiger partial charge is 0.221 e. The normalized spacial score (nSPS) is 10.3. The van der Waals surface area contributed by atoms with Crippen LogP contribution in [0.3, 0.4) is 0 Å². The van der Waals surface area contributed by atoms with Crippen molar-refractivity contribution in [3.8, 4) is 0 Å². The molecule has 6 nitrogen and oxygen atoms in total. The first-order valence-corrected chi connectivity index (χ1v) is 5.24. The van der Waals surface area contributed by atoms with Crippen LogP contribution in [0.5, 0.6) is 0 Å². The number of ether oxygens (including phenoxy) is 1. The van der Waals surface area contributed by atoms with Crippen molar-refractivity contribution in [3.05, 3.63) is 18.7 Å². The fourth-order valence-electron chi connectivity index (χ4n) is 1.17. The number of carbonyl (C=O) groups excluding carboxylic acids is 1. The maximum absolute atomic E-state index is 11.3. The highest BCUT2D eigenvalue weighted by Crippen LogP contribution is 1.90. The molecule has 2 N–H and O–H groups in total. The number of imidazole rings is 1. The van der Waals surface area contributed by atoms with E-state index in [1.54, 1.807) is 12.5 Å². The summed E-state index contributed by atoms with van der Waals surface area (Å²) in [5.41, 5.74) is 0. The standard InChI is InChI=1S/C10H17N3O3/c14-6-8-16-7-3-12-10(15)1-4-13-5-2-11-9-13/h2,5,9,14H,1,3-4,6-8H2,(H,12,15). The predicted molar refractivity (Wildman–Crippen MR) is 57.8 cm³/mol. The first-order chi connectivity index (χ1) is 7.83. The molecule has 6 heteroatoms. The zero-order valence-corrected chi connectivity index (χ0v) is 9.13. The summed E-state index contributed by atoms with van der Waals surface area (Å²) in [7, 11) is 0. The van der Waals surface area contributed by atoms with E-state index in [4.69, 9.17) is 9.84 Å². The molecule has 0 spiro atoms. The molecule has 90 valence electrons. The van der Waals surface area contributed by atoms with Crippen LogP contribution in [0, 0.1) is 0 Å². The van der Waals surface area contributed by atoms with Gasteiger partial charge in [0.05, 0.1) is 26.1 Å². The van der Waals surface area contributed by atoms with Gasteiger partial charge in [0, 0.05) is 31.9 Å². The highest BCUT2D eigenvalue weighted by molar-refractivity contribution is 5.75. The topological polar surface area (TPSA) is 76.4 Å². The molecule has 0 aliphatic carbocycles. The fourth-order valence-corrected chi connectivity index (χ4v) is 1.17. The zero-order chi connectivity index (χ0) is 11.6. The maximum Gasteiger partial charge on any atom is 0.221 e. The van der Waals surface area contributed by atoms with Gasteiger partial charge in [0.1, 0.15) is 0 Å². The molecule has 16 heavy (non-hydrogen) atoms. The quantitative estimate of drug-likeness (QED) is 0.581. The van der Waals surface area contributed by atoms with Crippen molar-refractivity contribution in [2.45, 2.75) is 13.0 Å². The van der Waals surface area contributed by atoms with Gasteiger partial charge in [-0.05, 0) is 0 Å². The molecule has 1 aromatic rings. The maximum atomic E-state index is 11.3. The predicted octanol–water partition coefficient (Wildman–Crippen LogP) is -0.602. The Morgan fingerprint density at radius 1 is 1.50 bits per heavy atom. The van der Waals surface area contributed by atoms with E-state index in [1.807, 2.05) is 10.8 Å². The lowest BCUT2D eigenvalue weighted by Gasteiger charge is -2.05. The number of hydrogen-bond acceptors (Lipinski definition) is 4. The van der Waals surface area contributed by atoms with E-state index < -0.39 is 0 Å². The number of carbonyl (C=O) groups is 1. The largest absolute Gasteiger partial charge is 0.394 e. The number of hydrogen-bond donors (Lipinski definition) is 2. The van der Waals surface area contributed by atoms with Crippen LogP contribution in [-0.4, -0.2) is 46.9 Å². The van der Waals surface area contributed by atoms with E-state index in [0.717, 1.165) is 0 Å². The van der Waals surface area contributed by atoms with Crippen molar-refractivity contribution < 1.29 is 14.6 Å². The van der Waals surface area contributed by atoms with E-state index in [2.05, 4.69) is 10.3 Å². The second-order valence-corrected chi connectivity index (χ2v) is 3.24. The van der Waals surface area contributed by atoms with Crippen LogP contribution in [0.4, 0.5) is 0 Å². The van der Waals surface area contributed by atoms with Gasteiger partial charge in [0.2, 0.25) is 5.91 Å². The Balaban J connectivity index is 1.99. The minimum Gasteiger partial charge on any atom is -0.394 e. The Bertz CT molecular complexity index is 288. The van der Waals surface area contributed by atoms with Crippen molar-refractivity contribution in [2.24, 2.45) is 0 Å². The Hall–Kier alpha value is -1.40. The number of aromatic nitrogens is 2. The van der Waals surface area contributed by atoms with Gasteiger partial charge in [-0.3, -0.25) is 4.79 Å². The molecule has 1 aromatic heterocycles. The minimum atomic E-state index is -0.0127. The summed E-state index contributed by atoms with van der Waals surface area (Å²) in [5.74, 6) is -0.0127. The number of nitrogens with one attached hydrogen (secondary N) is 1. The Kier molecular flexibility index (Phi) is 6.20. The molecule has 0 atom stereocenters. The number of aryl methyl sites for hydroxylation is 1. The van der Waals surface area contributed by atoms with Gasteiger partial charge >= 0.3 is 0 Å². The van der Waals surface area contributed by atoms with Gasteiger partial charge in [0.15, 0.2) is 0 Å². The molecule has 1 amide bonds. The summed E-state index contributed by atoms with van der Waals surface area (Å²) >= 11 is 0. The fraction of sp³-hybridized carbons (Fsp3) is 0.600. The molecule has 0 bridgehead atoms. The van der Waals surface area contributed by atoms with Crippen LogP contribution in [0.1, 0.15) is 6.42 Å². The van der Waals surface area contributed by atoms with Gasteiger partial charge < -0.3 is 19.7 Å². The van der Waals surface area contributed by atoms with Crippen LogP contribution < -0.4 is 5.32 Å². The van der Waals surface area contributed by atoms with E-state index in [1.165, 1.54) is 0 Å². The summed E-state index contributed by atoms with van der Waals surface area (Å²) in [6, 6.07) is 0. The third-order valence-electron chi connectivity index (χ3n) is 1.96. The average Bonchev–Trinajstić information content (AvgIpc) is 2.79. The summed E-state index contributed by atoms with van der Waals surface area (Å²) < 4.78 is 6.85. The molecule has 0 saturated heterocycles. The van der Waals surface area contributed by atoms with Gasteiger partial charge in [-0.15, -0.1) is 0 Å². The van der Waals surface area contributed by atoms with Crippen molar-refractivity contribution in [3.63, 3.8) is 0 Å². The molecule has 1 heterocycles. The highest BCUT2D eigenvalue weighted by atomic mass is 16.5. The second kappa shape index (κ2) is 7.84. The van der Waals surface area contributed by atoms with E-state index in [0.29, 0.717) is 32.7 Å². The molecule has 1 rings (SSSR count). The number of rotatable bonds is 8. The van der Waals surface area contributed by atoms with Gasteiger partial charge in [-0.25, -0.2) is 4.98 Å². The number of aliphatic hydroxyl groups excluding tert-OH is 1. The van der Waals surface area contributed by atoms with E-state index >= 15 is 0 Å². The number of amides is 1. The molecule has 0 aromatic carbocycles. The Morgan fingerprint density at radius 3 is 3.06 bits per heavy atom. The van der Waals surface area contributed by atoms with Gasteiger partial charge in [-0.1, -0.05) is 0 Å². The molecule has 0 aliphatic heterocycles. The van der Waals surface area contributed by atoms with Crippen molar-refractivity contribution in [2.75, 3.05) is 26.4 Å². The van der Waals surface area contributed by atoms with E-state index in [9.17, 15) is 4.79 Å². The van der Waals surface area contributed by atoms with Crippen molar-refractivity contribution >= 4 is 5.91 Å². The second-order valence-electron chi connectivity index (χ2n) is 3.24. The molecule has 0 saturated carbocycles. The van der Waals surface area contributed by atoms with Crippen LogP contribution >= 0.6 is 0 Å². The lowest BCUT2D eigenvalue weighted by atomic mass is 10.4.